The first-order chi connectivity index (χ1) is 14.5. The maximum absolute atomic E-state index is 13.1. The van der Waals surface area contributed by atoms with Crippen molar-refractivity contribution in [2.75, 3.05) is 32.7 Å². The van der Waals surface area contributed by atoms with Gasteiger partial charge in [0.2, 0.25) is 0 Å². The summed E-state index contributed by atoms with van der Waals surface area (Å²) in [6.45, 7) is 0.596. The maximum atomic E-state index is 13.1. The van der Waals surface area contributed by atoms with E-state index in [4.69, 9.17) is 9.47 Å². The molecule has 1 aliphatic heterocycles. The molecule has 0 aliphatic carbocycles. The van der Waals surface area contributed by atoms with E-state index in [1.165, 1.54) is 31.4 Å². The summed E-state index contributed by atoms with van der Waals surface area (Å²) in [4.78, 5) is 37.7. The highest BCUT2D eigenvalue weighted by molar-refractivity contribution is 6.36. The highest BCUT2D eigenvalue weighted by Gasteiger charge is 2.39. The van der Waals surface area contributed by atoms with Crippen LogP contribution in [0.2, 0.25) is 0 Å². The number of carbonyl (C=O) groups excluding carboxylic acids is 2. The van der Waals surface area contributed by atoms with Gasteiger partial charge >= 0.3 is 0 Å². The van der Waals surface area contributed by atoms with Gasteiger partial charge in [-0.05, 0) is 36.2 Å². The third-order valence-electron chi connectivity index (χ3n) is 4.63. The number of rotatable bonds is 9. The number of imide groups is 1. The molecule has 0 bridgehead atoms. The highest BCUT2D eigenvalue weighted by atomic mass is 16.6. The molecule has 2 amide bonds. The summed E-state index contributed by atoms with van der Waals surface area (Å²) >= 11 is 0. The Labute approximate surface area is 173 Å². The van der Waals surface area contributed by atoms with E-state index in [0.717, 1.165) is 4.90 Å². The number of nitrogens with one attached hydrogen (secondary N) is 1. The summed E-state index contributed by atoms with van der Waals surface area (Å²) in [6.07, 6.45) is 0.490. The average molecular weight is 411 g/mol. The van der Waals surface area contributed by atoms with Crippen LogP contribution in [0.25, 0.3) is 5.57 Å². The largest absolute Gasteiger partial charge is 0.495 e. The zero-order chi connectivity index (χ0) is 21.7. The van der Waals surface area contributed by atoms with E-state index in [0.29, 0.717) is 30.0 Å². The zero-order valence-electron chi connectivity index (χ0n) is 16.6. The smallest absolute Gasteiger partial charge is 0.278 e. The van der Waals surface area contributed by atoms with Gasteiger partial charge in [-0.1, -0.05) is 12.1 Å². The van der Waals surface area contributed by atoms with Gasteiger partial charge in [0.1, 0.15) is 11.4 Å². The first-order valence-corrected chi connectivity index (χ1v) is 9.22. The molecule has 0 spiro atoms. The second-order valence-corrected chi connectivity index (χ2v) is 6.49. The molecule has 1 aliphatic rings. The third-order valence-corrected chi connectivity index (χ3v) is 4.63. The van der Waals surface area contributed by atoms with Crippen LogP contribution in [0.15, 0.2) is 54.2 Å². The molecular formula is C21H21N3O6. The third kappa shape index (κ3) is 4.15. The number of hydrogen-bond acceptors (Lipinski definition) is 7. The van der Waals surface area contributed by atoms with Crippen molar-refractivity contribution in [1.82, 2.24) is 4.90 Å². The van der Waals surface area contributed by atoms with E-state index >= 15 is 0 Å². The first kappa shape index (κ1) is 21.0. The van der Waals surface area contributed by atoms with E-state index in [-0.39, 0.29) is 23.5 Å². The first-order valence-electron chi connectivity index (χ1n) is 9.22. The number of benzene rings is 2. The number of ether oxygens (including phenoxy) is 2. The van der Waals surface area contributed by atoms with Crippen molar-refractivity contribution in [2.24, 2.45) is 0 Å². The van der Waals surface area contributed by atoms with Crippen LogP contribution in [0, 0.1) is 10.1 Å². The van der Waals surface area contributed by atoms with Crippen LogP contribution in [0.4, 0.5) is 11.4 Å². The number of hydrogen-bond donors (Lipinski definition) is 1. The fourth-order valence-corrected chi connectivity index (χ4v) is 3.16. The topological polar surface area (TPSA) is 111 Å². The fourth-order valence-electron chi connectivity index (χ4n) is 3.16. The number of nitro benzene ring substituents is 1. The Morgan fingerprint density at radius 3 is 2.37 bits per heavy atom. The number of amides is 2. The summed E-state index contributed by atoms with van der Waals surface area (Å²) in [5, 5.41) is 14.0. The molecule has 3 rings (SSSR count). The van der Waals surface area contributed by atoms with Gasteiger partial charge in [-0.3, -0.25) is 24.6 Å². The SMILES string of the molecule is COCCCN1C(=O)C(Nc2ccccc2OC)=C(c2ccc([N+](=O)[O-])cc2)C1=O. The number of carbonyl (C=O) groups is 2. The van der Waals surface area contributed by atoms with Gasteiger partial charge in [-0.15, -0.1) is 0 Å². The maximum Gasteiger partial charge on any atom is 0.278 e. The molecule has 156 valence electrons. The van der Waals surface area contributed by atoms with Gasteiger partial charge in [0.15, 0.2) is 0 Å². The van der Waals surface area contributed by atoms with Gasteiger partial charge in [0, 0.05) is 32.4 Å². The molecule has 0 unspecified atom stereocenters. The number of methoxy groups -OCH3 is 2. The Bertz CT molecular complexity index is 1000. The Kier molecular flexibility index (Phi) is 6.43. The summed E-state index contributed by atoms with van der Waals surface area (Å²) in [6, 6.07) is 12.5. The average Bonchev–Trinajstić information content (AvgIpc) is 2.98. The van der Waals surface area contributed by atoms with Crippen LogP contribution >= 0.6 is 0 Å². The molecule has 0 aromatic heterocycles. The van der Waals surface area contributed by atoms with Crippen LogP contribution in [-0.4, -0.2) is 49.0 Å². The van der Waals surface area contributed by atoms with Crippen molar-refractivity contribution in [1.29, 1.82) is 0 Å². The monoisotopic (exact) mass is 411 g/mol. The highest BCUT2D eigenvalue weighted by Crippen LogP contribution is 2.33. The lowest BCUT2D eigenvalue weighted by Gasteiger charge is -2.15. The minimum absolute atomic E-state index is 0.0933. The van der Waals surface area contributed by atoms with Gasteiger partial charge in [0.25, 0.3) is 17.5 Å². The van der Waals surface area contributed by atoms with Crippen LogP contribution in [0.1, 0.15) is 12.0 Å². The lowest BCUT2D eigenvalue weighted by Crippen LogP contribution is -2.33. The molecule has 30 heavy (non-hydrogen) atoms. The predicted octanol–water partition coefficient (Wildman–Crippen LogP) is 2.83. The van der Waals surface area contributed by atoms with E-state index in [9.17, 15) is 19.7 Å². The van der Waals surface area contributed by atoms with Crippen molar-refractivity contribution in [3.63, 3.8) is 0 Å². The van der Waals surface area contributed by atoms with Crippen molar-refractivity contribution < 1.29 is 24.0 Å². The second kappa shape index (κ2) is 9.19. The summed E-state index contributed by atoms with van der Waals surface area (Å²) < 4.78 is 10.3. The van der Waals surface area contributed by atoms with Crippen molar-refractivity contribution >= 4 is 28.8 Å². The molecule has 9 nitrogen and oxygen atoms in total. The van der Waals surface area contributed by atoms with Crippen LogP contribution < -0.4 is 10.1 Å². The van der Waals surface area contributed by atoms with Crippen molar-refractivity contribution in [2.45, 2.75) is 6.42 Å². The Balaban J connectivity index is 2.03. The molecule has 0 fully saturated rings. The van der Waals surface area contributed by atoms with Crippen LogP contribution in [0.5, 0.6) is 5.75 Å². The van der Waals surface area contributed by atoms with Gasteiger partial charge in [0.05, 0.1) is 23.3 Å². The summed E-state index contributed by atoms with van der Waals surface area (Å²) in [5.41, 5.74) is 1.07. The molecule has 0 saturated heterocycles. The Hall–Kier alpha value is -3.72. The van der Waals surface area contributed by atoms with Gasteiger partial charge in [-0.25, -0.2) is 0 Å². The minimum Gasteiger partial charge on any atom is -0.495 e. The summed E-state index contributed by atoms with van der Waals surface area (Å²) in [7, 11) is 3.05. The van der Waals surface area contributed by atoms with E-state index in [1.54, 1.807) is 31.4 Å². The number of nitro groups is 1. The predicted molar refractivity (Wildman–Crippen MR) is 110 cm³/mol. The standard InChI is InChI=1S/C21H21N3O6/c1-29-13-5-12-23-20(25)18(14-8-10-15(11-9-14)24(27)28)19(21(23)26)22-16-6-3-4-7-17(16)30-2/h3-4,6-11,22H,5,12-13H2,1-2H3. The Morgan fingerprint density at radius 1 is 1.03 bits per heavy atom. The Morgan fingerprint density at radius 2 is 1.73 bits per heavy atom. The normalized spacial score (nSPS) is 13.7. The number of non-ortho nitro benzene ring substituents is 1. The minimum atomic E-state index is -0.523. The number of para-hydroxylation sites is 2. The van der Waals surface area contributed by atoms with Gasteiger partial charge < -0.3 is 14.8 Å². The lowest BCUT2D eigenvalue weighted by atomic mass is 10.0. The fraction of sp³-hybridized carbons (Fsp3) is 0.238. The molecule has 0 radical (unpaired) electrons. The molecule has 0 atom stereocenters. The summed E-state index contributed by atoms with van der Waals surface area (Å²) in [5.74, 6) is -0.441. The van der Waals surface area contributed by atoms with E-state index < -0.39 is 16.7 Å². The lowest BCUT2D eigenvalue weighted by molar-refractivity contribution is -0.384. The zero-order valence-corrected chi connectivity index (χ0v) is 16.6. The van der Waals surface area contributed by atoms with Gasteiger partial charge in [-0.2, -0.15) is 0 Å². The number of anilines is 1. The molecule has 9 heteroatoms. The van der Waals surface area contributed by atoms with Crippen molar-refractivity contribution in [3.8, 4) is 5.75 Å². The number of nitrogens with zero attached hydrogens (tertiary/aromatic N) is 2. The van der Waals surface area contributed by atoms with Crippen LogP contribution in [0.3, 0.4) is 0 Å². The molecule has 2 aromatic rings. The van der Waals surface area contributed by atoms with E-state index in [2.05, 4.69) is 5.32 Å². The quantitative estimate of drug-likeness (QED) is 0.292. The molecule has 1 heterocycles. The molecule has 2 aromatic carbocycles. The molecular weight excluding hydrogens is 390 g/mol. The molecule has 0 saturated carbocycles. The van der Waals surface area contributed by atoms with Crippen molar-refractivity contribution in [3.05, 3.63) is 69.9 Å². The van der Waals surface area contributed by atoms with Crippen LogP contribution in [-0.2, 0) is 14.3 Å². The molecule has 1 N–H and O–H groups in total. The second-order valence-electron chi connectivity index (χ2n) is 6.49. The van der Waals surface area contributed by atoms with E-state index in [1.807, 2.05) is 0 Å².